The molecule has 26 heavy (non-hydrogen) atoms. The molecule has 0 heterocycles. The third-order valence-corrected chi connectivity index (χ3v) is 4.02. The number of nitrogens with one attached hydrogen (secondary N) is 1. The third kappa shape index (κ3) is 7.39. The van der Waals surface area contributed by atoms with Gasteiger partial charge in [0.2, 0.25) is 0 Å². The molecule has 0 saturated heterocycles. The number of guanidine groups is 1. The molecule has 7 heteroatoms. The number of nitrogens with zero attached hydrogens (tertiary/aromatic N) is 2. The van der Waals surface area contributed by atoms with Gasteiger partial charge in [-0.05, 0) is 70.7 Å². The Bertz CT molecular complexity index is 651. The van der Waals surface area contributed by atoms with Gasteiger partial charge in [-0.25, -0.2) is 4.79 Å². The summed E-state index contributed by atoms with van der Waals surface area (Å²) in [6, 6.07) is 6.33. The van der Waals surface area contributed by atoms with E-state index in [1.165, 1.54) is 11.1 Å². The number of halogens is 1. The zero-order chi connectivity index (χ0) is 18.6. The van der Waals surface area contributed by atoms with Crippen molar-refractivity contribution < 1.29 is 9.53 Å². The van der Waals surface area contributed by atoms with Crippen LogP contribution in [0, 0.1) is 13.8 Å². The van der Waals surface area contributed by atoms with Crippen LogP contribution in [0.5, 0.6) is 0 Å². The van der Waals surface area contributed by atoms with E-state index in [2.05, 4.69) is 24.2 Å². The molecule has 0 atom stereocenters. The molecule has 0 unspecified atom stereocenters. The molecule has 1 amide bonds. The molecular weight excluding hydrogens is 443 g/mol. The third-order valence-electron chi connectivity index (χ3n) is 4.02. The molecule has 3 N–H and O–H groups in total. The maximum Gasteiger partial charge on any atom is 0.410 e. The second-order valence-corrected chi connectivity index (χ2v) is 7.60. The van der Waals surface area contributed by atoms with Crippen LogP contribution in [0.15, 0.2) is 23.2 Å². The van der Waals surface area contributed by atoms with Crippen molar-refractivity contribution in [2.24, 2.45) is 10.7 Å². The molecule has 0 radical (unpaired) electrons. The van der Waals surface area contributed by atoms with Gasteiger partial charge in [-0.3, -0.25) is 4.99 Å². The lowest BCUT2D eigenvalue weighted by Gasteiger charge is -2.27. The molecule has 1 fully saturated rings. The summed E-state index contributed by atoms with van der Waals surface area (Å²) in [4.78, 5) is 18.4. The Balaban J connectivity index is 0.00000338. The number of anilines is 1. The van der Waals surface area contributed by atoms with Crippen molar-refractivity contribution in [1.82, 2.24) is 4.90 Å². The number of hydrogen-bond donors (Lipinski definition) is 2. The number of amides is 1. The summed E-state index contributed by atoms with van der Waals surface area (Å²) >= 11 is 0. The van der Waals surface area contributed by atoms with Crippen LogP contribution in [-0.2, 0) is 4.74 Å². The average molecular weight is 474 g/mol. The van der Waals surface area contributed by atoms with E-state index in [-0.39, 0.29) is 36.1 Å². The van der Waals surface area contributed by atoms with Crippen molar-refractivity contribution in [1.29, 1.82) is 0 Å². The van der Waals surface area contributed by atoms with Crippen molar-refractivity contribution in [2.75, 3.05) is 18.4 Å². The highest BCUT2D eigenvalue weighted by Crippen LogP contribution is 2.28. The number of nitrogens with two attached hydrogens (primary N) is 1. The van der Waals surface area contributed by atoms with Gasteiger partial charge in [0.15, 0.2) is 5.96 Å². The van der Waals surface area contributed by atoms with Crippen molar-refractivity contribution in [3.63, 3.8) is 0 Å². The number of ether oxygens (including phenoxy) is 1. The van der Waals surface area contributed by atoms with Crippen LogP contribution in [-0.4, -0.2) is 41.7 Å². The van der Waals surface area contributed by atoms with Crippen LogP contribution in [0.2, 0.25) is 0 Å². The minimum absolute atomic E-state index is 0. The summed E-state index contributed by atoms with van der Waals surface area (Å²) in [5.74, 6) is 0.350. The molecule has 1 aromatic carbocycles. The summed E-state index contributed by atoms with van der Waals surface area (Å²) in [6.45, 7) is 10.7. The zero-order valence-electron chi connectivity index (χ0n) is 16.3. The fraction of sp³-hybridized carbons (Fsp3) is 0.579. The lowest BCUT2D eigenvalue weighted by Crippen LogP contribution is -2.40. The Kier molecular flexibility index (Phi) is 8.17. The second kappa shape index (κ2) is 9.43. The lowest BCUT2D eigenvalue weighted by atomic mass is 10.1. The van der Waals surface area contributed by atoms with E-state index in [9.17, 15) is 4.79 Å². The van der Waals surface area contributed by atoms with Crippen LogP contribution in [0.4, 0.5) is 10.5 Å². The minimum atomic E-state index is -0.489. The zero-order valence-corrected chi connectivity index (χ0v) is 18.7. The summed E-state index contributed by atoms with van der Waals surface area (Å²) in [7, 11) is 0. The van der Waals surface area contributed by atoms with Crippen LogP contribution in [0.3, 0.4) is 0 Å². The van der Waals surface area contributed by atoms with Gasteiger partial charge in [0.05, 0.1) is 6.54 Å². The first kappa shape index (κ1) is 22.5. The molecule has 0 aliphatic heterocycles. The van der Waals surface area contributed by atoms with Gasteiger partial charge in [0.25, 0.3) is 0 Å². The maximum absolute atomic E-state index is 12.3. The number of hydrogen-bond acceptors (Lipinski definition) is 3. The molecule has 0 spiro atoms. The van der Waals surface area contributed by atoms with Gasteiger partial charge >= 0.3 is 6.09 Å². The van der Waals surface area contributed by atoms with E-state index in [0.29, 0.717) is 19.0 Å². The van der Waals surface area contributed by atoms with Crippen LogP contribution < -0.4 is 11.1 Å². The fourth-order valence-corrected chi connectivity index (χ4v) is 2.41. The van der Waals surface area contributed by atoms with Crippen LogP contribution in [0.25, 0.3) is 0 Å². The predicted molar refractivity (Wildman–Crippen MR) is 117 cm³/mol. The van der Waals surface area contributed by atoms with Gasteiger partial charge in [-0.15, -0.1) is 24.0 Å². The molecule has 146 valence electrons. The monoisotopic (exact) mass is 474 g/mol. The number of rotatable bonds is 5. The van der Waals surface area contributed by atoms with Gasteiger partial charge < -0.3 is 20.7 Å². The number of benzene rings is 1. The first-order valence-electron chi connectivity index (χ1n) is 8.79. The Morgan fingerprint density at radius 1 is 1.31 bits per heavy atom. The minimum Gasteiger partial charge on any atom is -0.444 e. The fourth-order valence-electron chi connectivity index (χ4n) is 2.41. The molecule has 6 nitrogen and oxygen atoms in total. The van der Waals surface area contributed by atoms with Gasteiger partial charge in [0.1, 0.15) is 5.60 Å². The molecule has 0 bridgehead atoms. The topological polar surface area (TPSA) is 80.0 Å². The Labute approximate surface area is 173 Å². The van der Waals surface area contributed by atoms with E-state index >= 15 is 0 Å². The summed E-state index contributed by atoms with van der Waals surface area (Å²) < 4.78 is 5.47. The van der Waals surface area contributed by atoms with Gasteiger partial charge in [-0.2, -0.15) is 0 Å². The van der Waals surface area contributed by atoms with Gasteiger partial charge in [0, 0.05) is 18.3 Å². The quantitative estimate of drug-likeness (QED) is 0.384. The molecule has 1 aliphatic rings. The molecule has 1 saturated carbocycles. The number of aryl methyl sites for hydroxylation is 2. The van der Waals surface area contributed by atoms with Crippen molar-refractivity contribution >= 4 is 41.7 Å². The number of carbonyl (C=O) groups is 1. The standard InChI is InChI=1S/C19H30N4O2.HI/c1-13-6-7-15(12-14(13)2)22-17(20)21-10-11-23(16-8-9-16)18(24)25-19(3,4)5;/h6-7,12,16H,8-11H2,1-5H3,(H3,20,21,22);1H. The lowest BCUT2D eigenvalue weighted by molar-refractivity contribution is 0.0240. The van der Waals surface area contributed by atoms with Crippen molar-refractivity contribution in [2.45, 2.75) is 59.1 Å². The smallest absolute Gasteiger partial charge is 0.410 e. The first-order chi connectivity index (χ1) is 11.7. The predicted octanol–water partition coefficient (Wildman–Crippen LogP) is 4.05. The van der Waals surface area contributed by atoms with Gasteiger partial charge in [-0.1, -0.05) is 6.07 Å². The average Bonchev–Trinajstić information content (AvgIpc) is 3.30. The molecule has 2 rings (SSSR count). The van der Waals surface area contributed by atoms with E-state index in [4.69, 9.17) is 10.5 Å². The molecular formula is C19H31IN4O2. The molecule has 1 aliphatic carbocycles. The first-order valence-corrected chi connectivity index (χ1v) is 8.79. The Morgan fingerprint density at radius 2 is 1.96 bits per heavy atom. The van der Waals surface area contributed by atoms with E-state index in [1.54, 1.807) is 4.90 Å². The normalized spacial score (nSPS) is 14.4. The summed E-state index contributed by atoms with van der Waals surface area (Å²) in [5.41, 5.74) is 8.81. The van der Waals surface area contributed by atoms with Crippen LogP contribution >= 0.6 is 24.0 Å². The summed E-state index contributed by atoms with van der Waals surface area (Å²) in [5, 5.41) is 3.09. The maximum atomic E-state index is 12.3. The van der Waals surface area contributed by atoms with Crippen molar-refractivity contribution in [3.05, 3.63) is 29.3 Å². The van der Waals surface area contributed by atoms with E-state index in [1.807, 2.05) is 39.0 Å². The van der Waals surface area contributed by atoms with Crippen LogP contribution in [0.1, 0.15) is 44.7 Å². The Hall–Kier alpha value is -1.51. The highest BCUT2D eigenvalue weighted by atomic mass is 127. The van der Waals surface area contributed by atoms with E-state index < -0.39 is 5.60 Å². The highest BCUT2D eigenvalue weighted by Gasteiger charge is 2.34. The summed E-state index contributed by atoms with van der Waals surface area (Å²) in [6.07, 6.45) is 1.78. The van der Waals surface area contributed by atoms with Crippen molar-refractivity contribution in [3.8, 4) is 0 Å². The second-order valence-electron chi connectivity index (χ2n) is 7.60. The Morgan fingerprint density at radius 3 is 2.50 bits per heavy atom. The molecule has 1 aromatic rings. The van der Waals surface area contributed by atoms with E-state index in [0.717, 1.165) is 18.5 Å². The largest absolute Gasteiger partial charge is 0.444 e. The SMILES string of the molecule is Cc1ccc(NC(N)=NCCN(C(=O)OC(C)(C)C)C2CC2)cc1C.I. The highest BCUT2D eigenvalue weighted by molar-refractivity contribution is 14.0. The number of aliphatic imine (C=N–C) groups is 1. The molecule has 0 aromatic heterocycles. The number of carbonyl (C=O) groups excluding carboxylic acids is 1.